The average Bonchev–Trinajstić information content (AvgIpc) is 2.75. The van der Waals surface area contributed by atoms with Crippen LogP contribution in [0.4, 0.5) is 5.69 Å². The van der Waals surface area contributed by atoms with E-state index >= 15 is 0 Å². The second-order valence-electron chi connectivity index (χ2n) is 7.98. The zero-order chi connectivity index (χ0) is 15.0. The summed E-state index contributed by atoms with van der Waals surface area (Å²) >= 11 is 0. The van der Waals surface area contributed by atoms with Crippen molar-refractivity contribution in [2.75, 3.05) is 25.0 Å². The number of nitrogens with one attached hydrogen (secondary N) is 1. The van der Waals surface area contributed by atoms with Crippen LogP contribution < -0.4 is 5.32 Å². The van der Waals surface area contributed by atoms with Gasteiger partial charge in [-0.2, -0.15) is 0 Å². The van der Waals surface area contributed by atoms with Gasteiger partial charge in [-0.05, 0) is 62.7 Å². The summed E-state index contributed by atoms with van der Waals surface area (Å²) in [4.78, 5) is 2.82. The van der Waals surface area contributed by atoms with Gasteiger partial charge in [0.1, 0.15) is 0 Å². The first-order valence-electron chi connectivity index (χ1n) is 9.34. The van der Waals surface area contributed by atoms with E-state index in [1.165, 1.54) is 63.7 Å². The van der Waals surface area contributed by atoms with Gasteiger partial charge >= 0.3 is 0 Å². The molecule has 0 bridgehead atoms. The van der Waals surface area contributed by atoms with Crippen molar-refractivity contribution in [3.63, 3.8) is 0 Å². The van der Waals surface area contributed by atoms with Crippen LogP contribution in [-0.4, -0.2) is 30.6 Å². The molecule has 1 aliphatic carbocycles. The van der Waals surface area contributed by atoms with Gasteiger partial charge in [0.2, 0.25) is 0 Å². The van der Waals surface area contributed by atoms with Crippen molar-refractivity contribution in [1.82, 2.24) is 4.90 Å². The molecule has 1 saturated heterocycles. The number of hydrogen-bond donors (Lipinski definition) is 1. The highest BCUT2D eigenvalue weighted by atomic mass is 15.2. The van der Waals surface area contributed by atoms with Gasteiger partial charge < -0.3 is 10.2 Å². The van der Waals surface area contributed by atoms with Gasteiger partial charge in [-0.1, -0.05) is 38.0 Å². The lowest BCUT2D eigenvalue weighted by Crippen LogP contribution is -2.47. The normalized spacial score (nSPS) is 31.5. The Hall–Kier alpha value is -1.02. The SMILES string of the molecule is CC1CCCC(N2CCC3(CC2)CNc2ccccc23)CC1. The van der Waals surface area contributed by atoms with E-state index in [1.54, 1.807) is 5.56 Å². The van der Waals surface area contributed by atoms with Crippen LogP contribution in [0.25, 0.3) is 0 Å². The molecule has 2 unspecified atom stereocenters. The molecule has 1 N–H and O–H groups in total. The standard InChI is InChI=1S/C20H30N2/c1-16-5-4-6-17(10-9-16)22-13-11-20(12-14-22)15-21-19-8-3-2-7-18(19)20/h2-3,7-8,16-17,21H,4-6,9-15H2,1H3. The Bertz CT molecular complexity index is 516. The lowest BCUT2D eigenvalue weighted by Gasteiger charge is -2.42. The molecule has 2 heteroatoms. The summed E-state index contributed by atoms with van der Waals surface area (Å²) in [6, 6.07) is 9.85. The number of anilines is 1. The van der Waals surface area contributed by atoms with Crippen LogP contribution in [0.2, 0.25) is 0 Å². The Kier molecular flexibility index (Phi) is 3.89. The van der Waals surface area contributed by atoms with Gasteiger partial charge in [0.05, 0.1) is 0 Å². The Morgan fingerprint density at radius 3 is 2.73 bits per heavy atom. The maximum Gasteiger partial charge on any atom is 0.0379 e. The van der Waals surface area contributed by atoms with Crippen molar-refractivity contribution < 1.29 is 0 Å². The molecular weight excluding hydrogens is 268 g/mol. The second kappa shape index (κ2) is 5.88. The highest BCUT2D eigenvalue weighted by molar-refractivity contribution is 5.60. The molecule has 120 valence electrons. The summed E-state index contributed by atoms with van der Waals surface area (Å²) in [5.74, 6) is 0.951. The van der Waals surface area contributed by atoms with Gasteiger partial charge in [-0.25, -0.2) is 0 Å². The largest absolute Gasteiger partial charge is 0.384 e. The van der Waals surface area contributed by atoms with Crippen LogP contribution in [0.5, 0.6) is 0 Å². The maximum atomic E-state index is 3.65. The van der Waals surface area contributed by atoms with Crippen molar-refractivity contribution in [1.29, 1.82) is 0 Å². The van der Waals surface area contributed by atoms with Crippen LogP contribution in [0.3, 0.4) is 0 Å². The summed E-state index contributed by atoms with van der Waals surface area (Å²) in [6.45, 7) is 6.20. The molecule has 1 saturated carbocycles. The number of rotatable bonds is 1. The predicted octanol–water partition coefficient (Wildman–Crippen LogP) is 4.41. The van der Waals surface area contributed by atoms with E-state index < -0.39 is 0 Å². The average molecular weight is 298 g/mol. The number of hydrogen-bond acceptors (Lipinski definition) is 2. The summed E-state index contributed by atoms with van der Waals surface area (Å²) < 4.78 is 0. The van der Waals surface area contributed by atoms with Crippen molar-refractivity contribution >= 4 is 5.69 Å². The van der Waals surface area contributed by atoms with E-state index in [1.807, 2.05) is 0 Å². The number of fused-ring (bicyclic) bond motifs is 2. The zero-order valence-electron chi connectivity index (χ0n) is 14.0. The fourth-order valence-corrected chi connectivity index (χ4v) is 5.06. The van der Waals surface area contributed by atoms with Gasteiger partial charge in [0.25, 0.3) is 0 Å². The lowest BCUT2D eigenvalue weighted by molar-refractivity contribution is 0.111. The number of likely N-dealkylation sites (tertiary alicyclic amines) is 1. The Labute approximate surface area is 135 Å². The molecule has 0 aromatic heterocycles. The van der Waals surface area contributed by atoms with Gasteiger partial charge in [-0.15, -0.1) is 0 Å². The summed E-state index contributed by atoms with van der Waals surface area (Å²) in [7, 11) is 0. The summed E-state index contributed by atoms with van der Waals surface area (Å²) in [5.41, 5.74) is 3.40. The first-order valence-corrected chi connectivity index (χ1v) is 9.34. The molecule has 22 heavy (non-hydrogen) atoms. The molecular formula is C20H30N2. The van der Waals surface area contributed by atoms with Gasteiger partial charge in [-0.3, -0.25) is 0 Å². The molecule has 2 nitrogen and oxygen atoms in total. The molecule has 4 rings (SSSR count). The van der Waals surface area contributed by atoms with Crippen LogP contribution in [0.1, 0.15) is 57.4 Å². The van der Waals surface area contributed by atoms with E-state index in [9.17, 15) is 0 Å². The number of para-hydroxylation sites is 1. The summed E-state index contributed by atoms with van der Waals surface area (Å²) in [6.07, 6.45) is 9.88. The van der Waals surface area contributed by atoms with Crippen LogP contribution in [0, 0.1) is 5.92 Å². The van der Waals surface area contributed by atoms with E-state index in [2.05, 4.69) is 41.4 Å². The van der Waals surface area contributed by atoms with Crippen LogP contribution in [0.15, 0.2) is 24.3 Å². The van der Waals surface area contributed by atoms with E-state index in [0.717, 1.165) is 18.5 Å². The molecule has 0 amide bonds. The second-order valence-corrected chi connectivity index (χ2v) is 7.98. The van der Waals surface area contributed by atoms with E-state index in [-0.39, 0.29) is 0 Å². The van der Waals surface area contributed by atoms with Crippen molar-refractivity contribution in [2.45, 2.75) is 63.3 Å². The molecule has 1 aromatic rings. The van der Waals surface area contributed by atoms with Crippen molar-refractivity contribution in [3.05, 3.63) is 29.8 Å². The first-order chi connectivity index (χ1) is 10.8. The number of piperidine rings is 1. The first kappa shape index (κ1) is 14.6. The fourth-order valence-electron chi connectivity index (χ4n) is 5.06. The third-order valence-corrected chi connectivity index (χ3v) is 6.61. The van der Waals surface area contributed by atoms with E-state index in [0.29, 0.717) is 5.41 Å². The molecule has 2 fully saturated rings. The highest BCUT2D eigenvalue weighted by Crippen LogP contribution is 2.44. The minimum atomic E-state index is 0.422. The van der Waals surface area contributed by atoms with Crippen molar-refractivity contribution in [2.24, 2.45) is 5.92 Å². The monoisotopic (exact) mass is 298 g/mol. The minimum absolute atomic E-state index is 0.422. The zero-order valence-corrected chi connectivity index (χ0v) is 14.0. The quantitative estimate of drug-likeness (QED) is 0.772. The van der Waals surface area contributed by atoms with Crippen molar-refractivity contribution in [3.8, 4) is 0 Å². The lowest BCUT2D eigenvalue weighted by atomic mass is 9.74. The molecule has 2 atom stereocenters. The fraction of sp³-hybridized carbons (Fsp3) is 0.700. The molecule has 0 radical (unpaired) electrons. The molecule has 2 aliphatic heterocycles. The van der Waals surface area contributed by atoms with Crippen LogP contribution in [-0.2, 0) is 5.41 Å². The Morgan fingerprint density at radius 1 is 1.05 bits per heavy atom. The third-order valence-electron chi connectivity index (χ3n) is 6.61. The third kappa shape index (κ3) is 2.56. The maximum absolute atomic E-state index is 3.65. The highest BCUT2D eigenvalue weighted by Gasteiger charge is 2.42. The Morgan fingerprint density at radius 2 is 1.86 bits per heavy atom. The smallest absolute Gasteiger partial charge is 0.0379 e. The molecule has 3 aliphatic rings. The van der Waals surface area contributed by atoms with E-state index in [4.69, 9.17) is 0 Å². The van der Waals surface area contributed by atoms with Gasteiger partial charge in [0, 0.05) is 23.7 Å². The summed E-state index contributed by atoms with van der Waals surface area (Å²) in [5, 5.41) is 3.65. The molecule has 1 aromatic carbocycles. The minimum Gasteiger partial charge on any atom is -0.384 e. The topological polar surface area (TPSA) is 15.3 Å². The van der Waals surface area contributed by atoms with Gasteiger partial charge in [0.15, 0.2) is 0 Å². The van der Waals surface area contributed by atoms with Crippen LogP contribution >= 0.6 is 0 Å². The predicted molar refractivity (Wildman–Crippen MR) is 93.5 cm³/mol. The number of nitrogens with zero attached hydrogens (tertiary/aromatic N) is 1. The number of benzene rings is 1. The Balaban J connectivity index is 1.43. The molecule has 2 heterocycles. The molecule has 1 spiro atoms.